The number of nitrogens with zero attached hydrogens (tertiary/aromatic N) is 1. The second-order valence-corrected chi connectivity index (χ2v) is 7.11. The zero-order valence-corrected chi connectivity index (χ0v) is 15.7. The van der Waals surface area contributed by atoms with Crippen molar-refractivity contribution in [1.29, 1.82) is 0 Å². The van der Waals surface area contributed by atoms with Crippen molar-refractivity contribution in [2.45, 2.75) is 31.3 Å². The molecule has 150 valence electrons. The molecule has 0 aromatic carbocycles. The zero-order chi connectivity index (χ0) is 20.0. The lowest BCUT2D eigenvalue weighted by Gasteiger charge is -2.19. The molecule has 0 spiro atoms. The summed E-state index contributed by atoms with van der Waals surface area (Å²) in [5.41, 5.74) is -1.38. The number of hydrogen-bond donors (Lipinski definition) is 3. The van der Waals surface area contributed by atoms with Crippen LogP contribution < -0.4 is 11.2 Å². The van der Waals surface area contributed by atoms with E-state index >= 15 is 0 Å². The van der Waals surface area contributed by atoms with E-state index in [2.05, 4.69) is 21.3 Å². The molecule has 27 heavy (non-hydrogen) atoms. The number of rotatable bonds is 7. The van der Waals surface area contributed by atoms with Crippen molar-refractivity contribution in [3.8, 4) is 11.8 Å². The predicted octanol–water partition coefficient (Wildman–Crippen LogP) is -0.664. The summed E-state index contributed by atoms with van der Waals surface area (Å²) in [6.45, 7) is -0.110. The fraction of sp³-hybridized carbons (Fsp3) is 0.600. The Morgan fingerprint density at radius 3 is 2.81 bits per heavy atom. The van der Waals surface area contributed by atoms with Gasteiger partial charge >= 0.3 is 13.5 Å². The fourth-order valence-corrected chi connectivity index (χ4v) is 3.16. The molecule has 0 radical (unpaired) electrons. The Balaban J connectivity index is 2.31. The van der Waals surface area contributed by atoms with Crippen LogP contribution in [0, 0.1) is 11.8 Å². The first kappa shape index (κ1) is 21.5. The first-order valence-electron chi connectivity index (χ1n) is 7.97. The Labute approximate surface area is 154 Å². The standard InChI is InChI=1S/C15H21N2O9P/c1-23-9-12-11(26-27(21,22)24-2)7-13(25-12)17-8-10(5-3-4-6-18)14(19)16-15(17)20/h8,11-13,18H,4,6-7,9H2,1-2H3,(H,21,22)(H,16,19,20)/t11-,12-,13-/m1/s1. The summed E-state index contributed by atoms with van der Waals surface area (Å²) in [5, 5.41) is 8.76. The predicted molar refractivity (Wildman–Crippen MR) is 92.0 cm³/mol. The molecule has 4 atom stereocenters. The molecule has 11 nitrogen and oxygen atoms in total. The lowest BCUT2D eigenvalue weighted by molar-refractivity contribution is -0.0544. The average molecular weight is 404 g/mol. The number of aliphatic hydroxyl groups is 1. The number of phosphoric ester groups is 1. The average Bonchev–Trinajstić information content (AvgIpc) is 2.99. The van der Waals surface area contributed by atoms with Crippen molar-refractivity contribution in [3.63, 3.8) is 0 Å². The highest BCUT2D eigenvalue weighted by Crippen LogP contribution is 2.47. The van der Waals surface area contributed by atoms with E-state index in [0.717, 1.165) is 11.7 Å². The molecular weight excluding hydrogens is 383 g/mol. The Bertz CT molecular complexity index is 869. The Morgan fingerprint density at radius 1 is 1.44 bits per heavy atom. The maximum absolute atomic E-state index is 12.2. The molecule has 1 aliphatic heterocycles. The normalized spacial score (nSPS) is 24.2. The van der Waals surface area contributed by atoms with Gasteiger partial charge < -0.3 is 19.5 Å². The van der Waals surface area contributed by atoms with Gasteiger partial charge in [0.1, 0.15) is 24.0 Å². The summed E-state index contributed by atoms with van der Waals surface area (Å²) in [7, 11) is -1.82. The van der Waals surface area contributed by atoms with E-state index in [4.69, 9.17) is 19.1 Å². The lowest BCUT2D eigenvalue weighted by Crippen LogP contribution is -2.33. The summed E-state index contributed by atoms with van der Waals surface area (Å²) >= 11 is 0. The van der Waals surface area contributed by atoms with E-state index in [1.54, 1.807) is 0 Å². The minimum absolute atomic E-state index is 0.0176. The summed E-state index contributed by atoms with van der Waals surface area (Å²) in [6, 6.07) is 0. The van der Waals surface area contributed by atoms with E-state index in [9.17, 15) is 19.0 Å². The van der Waals surface area contributed by atoms with E-state index in [-0.39, 0.29) is 31.6 Å². The summed E-state index contributed by atoms with van der Waals surface area (Å²) in [5.74, 6) is 5.17. The molecule has 1 aliphatic rings. The first-order chi connectivity index (χ1) is 12.8. The second-order valence-electron chi connectivity index (χ2n) is 5.60. The van der Waals surface area contributed by atoms with Crippen LogP contribution in [0.4, 0.5) is 0 Å². The van der Waals surface area contributed by atoms with Crippen LogP contribution in [0.15, 0.2) is 15.8 Å². The highest BCUT2D eigenvalue weighted by Gasteiger charge is 2.41. The van der Waals surface area contributed by atoms with Crippen molar-refractivity contribution in [1.82, 2.24) is 9.55 Å². The summed E-state index contributed by atoms with van der Waals surface area (Å²) in [4.78, 5) is 35.7. The van der Waals surface area contributed by atoms with Crippen LogP contribution in [0.1, 0.15) is 24.6 Å². The minimum atomic E-state index is -4.28. The third kappa shape index (κ3) is 5.60. The van der Waals surface area contributed by atoms with Crippen LogP contribution >= 0.6 is 7.82 Å². The molecule has 1 unspecified atom stereocenters. The van der Waals surface area contributed by atoms with Crippen LogP contribution in [-0.2, 0) is 23.1 Å². The van der Waals surface area contributed by atoms with E-state index in [1.165, 1.54) is 13.3 Å². The Hall–Kier alpha value is -1.77. The molecule has 1 aromatic rings. The number of aromatic nitrogens is 2. The van der Waals surface area contributed by atoms with Crippen molar-refractivity contribution in [3.05, 3.63) is 32.6 Å². The van der Waals surface area contributed by atoms with Gasteiger partial charge in [-0.1, -0.05) is 11.8 Å². The molecule has 3 N–H and O–H groups in total. The maximum atomic E-state index is 12.2. The molecule has 0 saturated carbocycles. The molecule has 1 saturated heterocycles. The molecular formula is C15H21N2O9P. The summed E-state index contributed by atoms with van der Waals surface area (Å²) < 4.78 is 33.0. The molecule has 1 aromatic heterocycles. The van der Waals surface area contributed by atoms with Crippen LogP contribution in [0.2, 0.25) is 0 Å². The number of H-pyrrole nitrogens is 1. The molecule has 1 fully saturated rings. The minimum Gasteiger partial charge on any atom is -0.395 e. The van der Waals surface area contributed by atoms with E-state index in [0.29, 0.717) is 0 Å². The van der Waals surface area contributed by atoms with Gasteiger partial charge in [0.05, 0.1) is 13.2 Å². The fourth-order valence-electron chi connectivity index (χ4n) is 2.51. The van der Waals surface area contributed by atoms with Crippen LogP contribution in [0.25, 0.3) is 0 Å². The molecule has 0 bridgehead atoms. The van der Waals surface area contributed by atoms with Gasteiger partial charge in [0.25, 0.3) is 5.56 Å². The van der Waals surface area contributed by atoms with Gasteiger partial charge in [-0.05, 0) is 0 Å². The molecule has 2 rings (SSSR count). The largest absolute Gasteiger partial charge is 0.472 e. The SMILES string of the molecule is COC[C@H]1O[C@@H](n2cc(C#CCCO)c(=O)[nH]c2=O)C[C@H]1OP(=O)(O)OC. The number of phosphoric acid groups is 1. The van der Waals surface area contributed by atoms with Crippen molar-refractivity contribution < 1.29 is 33.1 Å². The smallest absolute Gasteiger partial charge is 0.395 e. The van der Waals surface area contributed by atoms with Gasteiger partial charge in [-0.2, -0.15) is 0 Å². The first-order valence-corrected chi connectivity index (χ1v) is 9.47. The monoisotopic (exact) mass is 404 g/mol. The number of methoxy groups -OCH3 is 1. The van der Waals surface area contributed by atoms with Gasteiger partial charge in [-0.3, -0.25) is 23.4 Å². The van der Waals surface area contributed by atoms with Crippen molar-refractivity contribution >= 4 is 7.82 Å². The van der Waals surface area contributed by atoms with Crippen molar-refractivity contribution in [2.75, 3.05) is 27.4 Å². The quantitative estimate of drug-likeness (QED) is 0.397. The van der Waals surface area contributed by atoms with Gasteiger partial charge in [0.15, 0.2) is 0 Å². The molecule has 0 amide bonds. The highest BCUT2D eigenvalue weighted by atomic mass is 31.2. The van der Waals surface area contributed by atoms with Crippen LogP contribution in [0.5, 0.6) is 0 Å². The number of nitrogens with one attached hydrogen (secondary N) is 1. The van der Waals surface area contributed by atoms with Gasteiger partial charge in [-0.25, -0.2) is 9.36 Å². The number of aromatic amines is 1. The number of hydrogen-bond acceptors (Lipinski definition) is 8. The van der Waals surface area contributed by atoms with Crippen LogP contribution in [0.3, 0.4) is 0 Å². The van der Waals surface area contributed by atoms with E-state index < -0.39 is 37.5 Å². The Morgan fingerprint density at radius 2 is 2.19 bits per heavy atom. The third-order valence-corrected chi connectivity index (χ3v) is 4.75. The Kier molecular flexibility index (Phi) is 7.52. The van der Waals surface area contributed by atoms with Crippen LogP contribution in [-0.4, -0.2) is 59.2 Å². The topological polar surface area (TPSA) is 149 Å². The molecule has 2 heterocycles. The second kappa shape index (κ2) is 9.43. The highest BCUT2D eigenvalue weighted by molar-refractivity contribution is 7.47. The third-order valence-electron chi connectivity index (χ3n) is 3.75. The van der Waals surface area contributed by atoms with Gasteiger partial charge in [-0.15, -0.1) is 0 Å². The van der Waals surface area contributed by atoms with E-state index in [1.807, 2.05) is 0 Å². The number of aliphatic hydroxyl groups excluding tert-OH is 1. The van der Waals surface area contributed by atoms with Gasteiger partial charge in [0.2, 0.25) is 0 Å². The summed E-state index contributed by atoms with van der Waals surface area (Å²) in [6.07, 6.45) is -1.05. The lowest BCUT2D eigenvalue weighted by atomic mass is 10.2. The maximum Gasteiger partial charge on any atom is 0.472 e. The van der Waals surface area contributed by atoms with Gasteiger partial charge in [0, 0.05) is 33.3 Å². The molecule has 12 heteroatoms. The molecule has 0 aliphatic carbocycles. The van der Waals surface area contributed by atoms with Crippen molar-refractivity contribution in [2.24, 2.45) is 0 Å². The number of ether oxygens (including phenoxy) is 2. The zero-order valence-electron chi connectivity index (χ0n) is 14.8.